The van der Waals surface area contributed by atoms with Gasteiger partial charge in [-0.3, -0.25) is 4.18 Å². The van der Waals surface area contributed by atoms with Gasteiger partial charge >= 0.3 is 29.6 Å². The molecule has 0 saturated carbocycles. The Labute approximate surface area is 268 Å². The van der Waals surface area contributed by atoms with Crippen molar-refractivity contribution in [3.63, 3.8) is 0 Å². The minimum atomic E-state index is -4.58. The summed E-state index contributed by atoms with van der Waals surface area (Å²) >= 11 is 0. The van der Waals surface area contributed by atoms with Gasteiger partial charge in [-0.15, -0.1) is 0 Å². The van der Waals surface area contributed by atoms with E-state index in [4.69, 9.17) is 0 Å². The molecule has 0 aromatic carbocycles. The van der Waals surface area contributed by atoms with Gasteiger partial charge in [0.25, 0.3) is 0 Å². The maximum absolute atomic E-state index is 10.9. The zero-order chi connectivity index (χ0) is 28.0. The SMILES string of the molecule is CCCCCCCCCCCCCCCCCCCCCCC(CCCCCCCCC)COS(=O)(=O)[O-].[Na+]. The smallest absolute Gasteiger partial charge is 0.726 e. The van der Waals surface area contributed by atoms with Gasteiger partial charge in [-0.1, -0.05) is 187 Å². The summed E-state index contributed by atoms with van der Waals surface area (Å²) in [5.41, 5.74) is 0. The number of unbranched alkanes of at least 4 members (excludes halogenated alkanes) is 25. The summed E-state index contributed by atoms with van der Waals surface area (Å²) in [7, 11) is -4.58. The molecule has 0 aliphatic rings. The molecular formula is C33H67NaO4S. The first kappa shape index (κ1) is 42.0. The molecule has 0 bridgehead atoms. The first-order valence-corrected chi connectivity index (χ1v) is 18.4. The van der Waals surface area contributed by atoms with Crippen molar-refractivity contribution in [2.24, 2.45) is 5.92 Å². The van der Waals surface area contributed by atoms with Crippen LogP contribution < -0.4 is 29.6 Å². The van der Waals surface area contributed by atoms with Gasteiger partial charge in [-0.2, -0.15) is 0 Å². The summed E-state index contributed by atoms with van der Waals surface area (Å²) in [6.07, 6.45) is 38.3. The summed E-state index contributed by atoms with van der Waals surface area (Å²) in [4.78, 5) is 0. The summed E-state index contributed by atoms with van der Waals surface area (Å²) in [6.45, 7) is 4.59. The van der Waals surface area contributed by atoms with E-state index >= 15 is 0 Å². The molecule has 0 aromatic heterocycles. The second-order valence-electron chi connectivity index (χ2n) is 12.0. The first-order valence-electron chi connectivity index (χ1n) is 17.1. The third-order valence-electron chi connectivity index (χ3n) is 8.13. The van der Waals surface area contributed by atoms with Crippen LogP contribution in [0, 0.1) is 5.92 Å². The third kappa shape index (κ3) is 36.8. The van der Waals surface area contributed by atoms with Crippen LogP contribution in [0.2, 0.25) is 0 Å². The molecule has 0 radical (unpaired) electrons. The van der Waals surface area contributed by atoms with Gasteiger partial charge in [0.05, 0.1) is 6.61 Å². The Kier molecular flexibility index (Phi) is 35.9. The molecule has 39 heavy (non-hydrogen) atoms. The fourth-order valence-electron chi connectivity index (χ4n) is 5.57. The van der Waals surface area contributed by atoms with Crippen molar-refractivity contribution < 1.29 is 46.7 Å². The van der Waals surface area contributed by atoms with E-state index < -0.39 is 10.4 Å². The third-order valence-corrected chi connectivity index (χ3v) is 8.55. The Balaban J connectivity index is 0. The molecule has 0 heterocycles. The monoisotopic (exact) mass is 582 g/mol. The van der Waals surface area contributed by atoms with E-state index in [2.05, 4.69) is 18.0 Å². The van der Waals surface area contributed by atoms with Crippen LogP contribution in [-0.2, 0) is 14.6 Å². The number of hydrogen-bond acceptors (Lipinski definition) is 4. The molecule has 0 spiro atoms. The van der Waals surface area contributed by atoms with Crippen LogP contribution >= 0.6 is 0 Å². The van der Waals surface area contributed by atoms with Gasteiger partial charge in [-0.05, 0) is 18.8 Å². The summed E-state index contributed by atoms with van der Waals surface area (Å²) in [6, 6.07) is 0. The molecule has 0 saturated heterocycles. The van der Waals surface area contributed by atoms with Gasteiger partial charge in [0, 0.05) is 0 Å². The fourth-order valence-corrected chi connectivity index (χ4v) is 5.93. The van der Waals surface area contributed by atoms with Gasteiger partial charge in [-0.25, -0.2) is 8.42 Å². The van der Waals surface area contributed by atoms with E-state index in [1.807, 2.05) is 0 Å². The summed E-state index contributed by atoms with van der Waals surface area (Å²) in [5, 5.41) is 0. The molecule has 0 aliphatic carbocycles. The van der Waals surface area contributed by atoms with Crippen LogP contribution in [0.3, 0.4) is 0 Å². The molecule has 0 amide bonds. The van der Waals surface area contributed by atoms with E-state index in [1.165, 1.54) is 161 Å². The average molecular weight is 583 g/mol. The van der Waals surface area contributed by atoms with Crippen LogP contribution in [0.25, 0.3) is 0 Å². The quantitative estimate of drug-likeness (QED) is 0.0345. The molecule has 6 heteroatoms. The van der Waals surface area contributed by atoms with Crippen molar-refractivity contribution in [2.45, 2.75) is 200 Å². The van der Waals surface area contributed by atoms with Gasteiger partial charge in [0.2, 0.25) is 10.4 Å². The molecule has 1 unspecified atom stereocenters. The van der Waals surface area contributed by atoms with Crippen LogP contribution in [0.15, 0.2) is 0 Å². The van der Waals surface area contributed by atoms with E-state index in [0.29, 0.717) is 0 Å². The Morgan fingerprint density at radius 3 is 0.923 bits per heavy atom. The largest absolute Gasteiger partial charge is 1.00 e. The van der Waals surface area contributed by atoms with Crippen LogP contribution in [0.5, 0.6) is 0 Å². The van der Waals surface area contributed by atoms with Gasteiger partial charge in [0.1, 0.15) is 0 Å². The maximum atomic E-state index is 10.9. The van der Waals surface area contributed by atoms with Crippen LogP contribution in [0.4, 0.5) is 0 Å². The average Bonchev–Trinajstić information content (AvgIpc) is 2.89. The Morgan fingerprint density at radius 2 is 0.692 bits per heavy atom. The van der Waals surface area contributed by atoms with Crippen molar-refractivity contribution in [1.82, 2.24) is 0 Å². The molecule has 0 aliphatic heterocycles. The van der Waals surface area contributed by atoms with E-state index in [0.717, 1.165) is 25.7 Å². The maximum Gasteiger partial charge on any atom is 1.00 e. The zero-order valence-corrected chi connectivity index (χ0v) is 29.6. The Hall–Kier alpha value is 0.870. The zero-order valence-electron chi connectivity index (χ0n) is 26.8. The predicted molar refractivity (Wildman–Crippen MR) is 164 cm³/mol. The topological polar surface area (TPSA) is 66.4 Å². The predicted octanol–water partition coefficient (Wildman–Crippen LogP) is 8.44. The number of hydrogen-bond donors (Lipinski definition) is 0. The molecule has 0 rings (SSSR count). The minimum absolute atomic E-state index is 0. The molecule has 4 nitrogen and oxygen atoms in total. The molecular weight excluding hydrogens is 515 g/mol. The van der Waals surface area contributed by atoms with Crippen molar-refractivity contribution in [3.05, 3.63) is 0 Å². The Bertz CT molecular complexity index is 556. The molecule has 230 valence electrons. The van der Waals surface area contributed by atoms with Crippen LogP contribution in [-0.4, -0.2) is 19.6 Å². The second kappa shape index (κ2) is 33.4. The van der Waals surface area contributed by atoms with Crippen LogP contribution in [0.1, 0.15) is 200 Å². The van der Waals surface area contributed by atoms with Gasteiger partial charge in [0.15, 0.2) is 0 Å². The molecule has 1 atom stereocenters. The molecule has 0 fully saturated rings. The van der Waals surface area contributed by atoms with Gasteiger partial charge < -0.3 is 4.55 Å². The minimum Gasteiger partial charge on any atom is -0.726 e. The first-order chi connectivity index (χ1) is 18.5. The van der Waals surface area contributed by atoms with Crippen molar-refractivity contribution in [2.75, 3.05) is 6.61 Å². The van der Waals surface area contributed by atoms with E-state index in [-0.39, 0.29) is 42.1 Å². The second-order valence-corrected chi connectivity index (χ2v) is 13.0. The Morgan fingerprint density at radius 1 is 0.462 bits per heavy atom. The standard InChI is InChI=1S/C33H68O4S.Na/c1-3-5-7-9-11-12-13-14-15-16-17-18-19-20-21-22-23-25-27-29-31-33(32-37-38(34,35)36)30-28-26-24-10-8-6-4-2;/h33H,3-32H2,1-2H3,(H,34,35,36);/q;+1/p-1. The van der Waals surface area contributed by atoms with E-state index in [1.54, 1.807) is 0 Å². The normalized spacial score (nSPS) is 12.5. The molecule has 0 N–H and O–H groups in total. The molecule has 0 aromatic rings. The van der Waals surface area contributed by atoms with Crippen molar-refractivity contribution in [1.29, 1.82) is 0 Å². The van der Waals surface area contributed by atoms with Crippen molar-refractivity contribution in [3.8, 4) is 0 Å². The van der Waals surface area contributed by atoms with E-state index in [9.17, 15) is 13.0 Å². The number of rotatable bonds is 32. The fraction of sp³-hybridized carbons (Fsp3) is 1.00. The summed E-state index contributed by atoms with van der Waals surface area (Å²) < 4.78 is 37.3. The van der Waals surface area contributed by atoms with Crippen molar-refractivity contribution >= 4 is 10.4 Å². The summed E-state index contributed by atoms with van der Waals surface area (Å²) in [5.74, 6) is 0.199.